The molecular formula is C14H16ClN3O. The van der Waals surface area contributed by atoms with E-state index in [1.807, 2.05) is 30.3 Å². The van der Waals surface area contributed by atoms with E-state index in [0.29, 0.717) is 18.8 Å². The third kappa shape index (κ3) is 7.89. The topological polar surface area (TPSA) is 54.9 Å². The lowest BCUT2D eigenvalue weighted by atomic mass is 10.2. The maximum Gasteiger partial charge on any atom is 0.221 e. The molecule has 0 unspecified atom stereocenters. The van der Waals surface area contributed by atoms with Crippen LogP contribution in [0.3, 0.4) is 0 Å². The summed E-state index contributed by atoms with van der Waals surface area (Å²) >= 11 is 5.42. The van der Waals surface area contributed by atoms with E-state index in [0.717, 1.165) is 5.56 Å². The standard InChI is InChI=1S/C10H12ClNO.C4H4N2/c11-7-6-10(13)12-8-9-4-2-1-3-5-9;1-2-5-4-6-3-1/h1-5H,6-8H2,(H,12,13);1-4H. The Bertz CT molecular complexity index is 424. The number of carbonyl (C=O) groups is 1. The van der Waals surface area contributed by atoms with Gasteiger partial charge in [0.2, 0.25) is 5.91 Å². The van der Waals surface area contributed by atoms with Crippen LogP contribution < -0.4 is 5.32 Å². The summed E-state index contributed by atoms with van der Waals surface area (Å²) in [5.41, 5.74) is 1.10. The zero-order chi connectivity index (χ0) is 13.8. The van der Waals surface area contributed by atoms with Crippen molar-refractivity contribution in [2.24, 2.45) is 0 Å². The van der Waals surface area contributed by atoms with E-state index in [1.54, 1.807) is 18.5 Å². The fourth-order valence-electron chi connectivity index (χ4n) is 1.22. The Morgan fingerprint density at radius 1 is 1.11 bits per heavy atom. The molecule has 1 heterocycles. The Balaban J connectivity index is 0.000000250. The Hall–Kier alpha value is -1.94. The van der Waals surface area contributed by atoms with Crippen LogP contribution in [0.5, 0.6) is 0 Å². The molecule has 5 heteroatoms. The maximum atomic E-state index is 11.0. The Kier molecular flexibility index (Phi) is 7.98. The molecule has 0 bridgehead atoms. The van der Waals surface area contributed by atoms with Crippen molar-refractivity contribution >= 4 is 17.5 Å². The van der Waals surface area contributed by atoms with Gasteiger partial charge in [-0.25, -0.2) is 9.97 Å². The normalized spacial score (nSPS) is 9.11. The third-order valence-corrected chi connectivity index (χ3v) is 2.32. The van der Waals surface area contributed by atoms with Crippen LogP contribution in [0.25, 0.3) is 0 Å². The number of nitrogens with zero attached hydrogens (tertiary/aromatic N) is 2. The van der Waals surface area contributed by atoms with E-state index < -0.39 is 0 Å². The van der Waals surface area contributed by atoms with E-state index in [1.165, 1.54) is 6.33 Å². The Morgan fingerprint density at radius 3 is 2.26 bits per heavy atom. The third-order valence-electron chi connectivity index (χ3n) is 2.13. The van der Waals surface area contributed by atoms with Crippen LogP contribution in [0.2, 0.25) is 0 Å². The van der Waals surface area contributed by atoms with E-state index >= 15 is 0 Å². The molecule has 0 saturated carbocycles. The van der Waals surface area contributed by atoms with Crippen LogP contribution in [-0.4, -0.2) is 21.8 Å². The lowest BCUT2D eigenvalue weighted by Gasteiger charge is -2.02. The highest BCUT2D eigenvalue weighted by molar-refractivity contribution is 6.18. The highest BCUT2D eigenvalue weighted by Crippen LogP contribution is 1.97. The number of alkyl halides is 1. The van der Waals surface area contributed by atoms with E-state index in [-0.39, 0.29) is 5.91 Å². The quantitative estimate of drug-likeness (QED) is 0.873. The van der Waals surface area contributed by atoms with Gasteiger partial charge in [-0.1, -0.05) is 30.3 Å². The van der Waals surface area contributed by atoms with E-state index in [9.17, 15) is 4.79 Å². The zero-order valence-electron chi connectivity index (χ0n) is 10.5. The van der Waals surface area contributed by atoms with Crippen LogP contribution in [0.4, 0.5) is 0 Å². The molecule has 1 aromatic carbocycles. The van der Waals surface area contributed by atoms with Crippen molar-refractivity contribution in [3.63, 3.8) is 0 Å². The fourth-order valence-corrected chi connectivity index (χ4v) is 1.40. The summed E-state index contributed by atoms with van der Waals surface area (Å²) < 4.78 is 0. The van der Waals surface area contributed by atoms with Crippen molar-refractivity contribution in [2.45, 2.75) is 13.0 Å². The lowest BCUT2D eigenvalue weighted by Crippen LogP contribution is -2.22. The van der Waals surface area contributed by atoms with Gasteiger partial charge in [-0.2, -0.15) is 0 Å². The number of halogens is 1. The Labute approximate surface area is 117 Å². The van der Waals surface area contributed by atoms with Gasteiger partial charge < -0.3 is 5.32 Å². The highest BCUT2D eigenvalue weighted by Gasteiger charge is 1.98. The van der Waals surface area contributed by atoms with Crippen molar-refractivity contribution in [2.75, 3.05) is 5.88 Å². The van der Waals surface area contributed by atoms with Crippen molar-refractivity contribution < 1.29 is 4.79 Å². The van der Waals surface area contributed by atoms with Gasteiger partial charge in [-0.05, 0) is 11.6 Å². The number of aromatic nitrogens is 2. The monoisotopic (exact) mass is 277 g/mol. The molecule has 0 aliphatic heterocycles. The molecule has 0 radical (unpaired) electrons. The molecule has 2 rings (SSSR count). The van der Waals surface area contributed by atoms with Crippen LogP contribution in [0.15, 0.2) is 55.1 Å². The Morgan fingerprint density at radius 2 is 1.79 bits per heavy atom. The highest BCUT2D eigenvalue weighted by atomic mass is 35.5. The minimum Gasteiger partial charge on any atom is -0.352 e. The summed E-state index contributed by atoms with van der Waals surface area (Å²) in [7, 11) is 0. The fraction of sp³-hybridized carbons (Fsp3) is 0.214. The van der Waals surface area contributed by atoms with Crippen molar-refractivity contribution in [3.8, 4) is 0 Å². The molecule has 4 nitrogen and oxygen atoms in total. The smallest absolute Gasteiger partial charge is 0.221 e. The first kappa shape index (κ1) is 15.1. The number of amides is 1. The average Bonchev–Trinajstić information content (AvgIpc) is 2.49. The number of hydrogen-bond donors (Lipinski definition) is 1. The summed E-state index contributed by atoms with van der Waals surface area (Å²) in [6, 6.07) is 11.6. The number of rotatable bonds is 4. The molecule has 1 aromatic heterocycles. The largest absolute Gasteiger partial charge is 0.352 e. The minimum atomic E-state index is -0.00106. The van der Waals surface area contributed by atoms with Gasteiger partial charge in [0.1, 0.15) is 6.33 Å². The molecule has 0 fully saturated rings. The molecule has 1 N–H and O–H groups in total. The first-order chi connectivity index (χ1) is 9.33. The second kappa shape index (κ2) is 10.0. The molecule has 1 amide bonds. The number of nitrogens with one attached hydrogen (secondary N) is 1. The summed E-state index contributed by atoms with van der Waals surface area (Å²) in [4.78, 5) is 18.4. The molecule has 100 valence electrons. The molecule has 0 aliphatic carbocycles. The molecule has 19 heavy (non-hydrogen) atoms. The number of benzene rings is 1. The van der Waals surface area contributed by atoms with Crippen LogP contribution in [0.1, 0.15) is 12.0 Å². The molecule has 0 atom stereocenters. The minimum absolute atomic E-state index is 0.00106. The molecule has 2 aromatic rings. The second-order valence-electron chi connectivity index (χ2n) is 3.61. The maximum absolute atomic E-state index is 11.0. The molecular weight excluding hydrogens is 262 g/mol. The predicted octanol–water partition coefficient (Wildman–Crippen LogP) is 2.41. The summed E-state index contributed by atoms with van der Waals surface area (Å²) in [5.74, 6) is 0.375. The predicted molar refractivity (Wildman–Crippen MR) is 75.7 cm³/mol. The van der Waals surface area contributed by atoms with Crippen LogP contribution >= 0.6 is 11.6 Å². The van der Waals surface area contributed by atoms with Gasteiger partial charge in [0.15, 0.2) is 0 Å². The van der Waals surface area contributed by atoms with E-state index in [4.69, 9.17) is 11.6 Å². The first-order valence-corrected chi connectivity index (χ1v) is 6.43. The van der Waals surface area contributed by atoms with Crippen molar-refractivity contribution in [1.29, 1.82) is 0 Å². The van der Waals surface area contributed by atoms with Crippen molar-refractivity contribution in [1.82, 2.24) is 15.3 Å². The molecule has 0 saturated heterocycles. The lowest BCUT2D eigenvalue weighted by molar-refractivity contribution is -0.120. The summed E-state index contributed by atoms with van der Waals surface area (Å²) in [6.07, 6.45) is 5.26. The molecule has 0 aliphatic rings. The number of hydrogen-bond acceptors (Lipinski definition) is 3. The van der Waals surface area contributed by atoms with Gasteiger partial charge in [0.05, 0.1) is 0 Å². The number of carbonyl (C=O) groups excluding carboxylic acids is 1. The van der Waals surface area contributed by atoms with Gasteiger partial charge in [0, 0.05) is 31.2 Å². The van der Waals surface area contributed by atoms with Gasteiger partial charge in [0.25, 0.3) is 0 Å². The zero-order valence-corrected chi connectivity index (χ0v) is 11.3. The first-order valence-electron chi connectivity index (χ1n) is 5.89. The van der Waals surface area contributed by atoms with Gasteiger partial charge >= 0.3 is 0 Å². The van der Waals surface area contributed by atoms with Gasteiger partial charge in [-0.3, -0.25) is 4.79 Å². The van der Waals surface area contributed by atoms with Gasteiger partial charge in [-0.15, -0.1) is 11.6 Å². The van der Waals surface area contributed by atoms with Crippen molar-refractivity contribution in [3.05, 3.63) is 60.7 Å². The van der Waals surface area contributed by atoms with Crippen LogP contribution in [0, 0.1) is 0 Å². The second-order valence-corrected chi connectivity index (χ2v) is 3.98. The summed E-state index contributed by atoms with van der Waals surface area (Å²) in [6.45, 7) is 0.580. The average molecular weight is 278 g/mol. The summed E-state index contributed by atoms with van der Waals surface area (Å²) in [5, 5.41) is 2.78. The van der Waals surface area contributed by atoms with E-state index in [2.05, 4.69) is 15.3 Å². The SMILES string of the molecule is O=C(CCCl)NCc1ccccc1.c1cncnc1. The molecule has 0 spiro atoms. The van der Waals surface area contributed by atoms with Crippen LogP contribution in [-0.2, 0) is 11.3 Å².